The van der Waals surface area contributed by atoms with Gasteiger partial charge in [0.15, 0.2) is 0 Å². The molecule has 6 heavy (non-hydrogen) atoms. The van der Waals surface area contributed by atoms with Gasteiger partial charge in [-0.2, -0.15) is 0 Å². The molecule has 1 aliphatic rings. The smallest absolute Gasteiger partial charge is 0.0281 e. The van der Waals surface area contributed by atoms with E-state index in [1.54, 1.807) is 12.8 Å². The highest BCUT2D eigenvalue weighted by atomic mass is 28.2. The van der Waals surface area contributed by atoms with E-state index in [1.807, 2.05) is 0 Å². The normalized spacial score (nSPS) is 23.5. The lowest BCUT2D eigenvalue weighted by molar-refractivity contribution is 0.499. The lowest BCUT2D eigenvalue weighted by atomic mass is 10.00. The highest BCUT2D eigenvalue weighted by Crippen LogP contribution is 2.30. The summed E-state index contributed by atoms with van der Waals surface area (Å²) in [5.74, 6) is 0. The maximum Gasteiger partial charge on any atom is 0.0281 e. The predicted octanol–water partition coefficient (Wildman–Crippen LogP) is 1.44. The van der Waals surface area contributed by atoms with Gasteiger partial charge in [-0.3, -0.25) is 0 Å². The second-order valence-electron chi connectivity index (χ2n) is 2.02. The van der Waals surface area contributed by atoms with E-state index in [0.717, 1.165) is 9.52 Å². The topological polar surface area (TPSA) is 0 Å². The molecular formula is C5H11Si. The lowest BCUT2D eigenvalue weighted by Gasteiger charge is -2.22. The van der Waals surface area contributed by atoms with Crippen molar-refractivity contribution in [3.8, 4) is 0 Å². The molecule has 0 N–H and O–H groups in total. The van der Waals surface area contributed by atoms with Crippen molar-refractivity contribution in [2.45, 2.75) is 31.4 Å². The van der Waals surface area contributed by atoms with Gasteiger partial charge in [0, 0.05) is 9.52 Å². The summed E-state index contributed by atoms with van der Waals surface area (Å²) in [6.07, 6.45) is 4.61. The van der Waals surface area contributed by atoms with Gasteiger partial charge in [0.25, 0.3) is 0 Å². The van der Waals surface area contributed by atoms with Crippen LogP contribution in [0, 0.1) is 0 Å². The Morgan fingerprint density at radius 2 is 2.17 bits per heavy atom. The number of hydrogen-bond donors (Lipinski definition) is 0. The Morgan fingerprint density at radius 3 is 2.17 bits per heavy atom. The molecule has 1 rings (SSSR count). The molecule has 0 aromatic heterocycles. The van der Waals surface area contributed by atoms with Crippen LogP contribution < -0.4 is 0 Å². The van der Waals surface area contributed by atoms with Crippen LogP contribution in [0.15, 0.2) is 0 Å². The van der Waals surface area contributed by atoms with E-state index in [2.05, 4.69) is 6.55 Å². The standard InChI is InChI=1S/C5H11Si/c1-6-5-3-2-4-5/h5-6H,2-4H2,1H3. The summed E-state index contributed by atoms with van der Waals surface area (Å²) in [5, 5.41) is 0. The SMILES string of the molecule is C[SiH]C1CCC1. The van der Waals surface area contributed by atoms with Gasteiger partial charge in [0.05, 0.1) is 0 Å². The lowest BCUT2D eigenvalue weighted by Crippen LogP contribution is -2.08. The molecule has 0 nitrogen and oxygen atoms in total. The third kappa shape index (κ3) is 0.646. The van der Waals surface area contributed by atoms with Gasteiger partial charge >= 0.3 is 0 Å². The highest BCUT2D eigenvalue weighted by molar-refractivity contribution is 6.35. The van der Waals surface area contributed by atoms with Crippen molar-refractivity contribution in [3.63, 3.8) is 0 Å². The molecule has 0 amide bonds. The molecule has 0 bridgehead atoms. The summed E-state index contributed by atoms with van der Waals surface area (Å²) in [4.78, 5) is 0. The average molecular weight is 99.2 g/mol. The highest BCUT2D eigenvalue weighted by Gasteiger charge is 2.13. The van der Waals surface area contributed by atoms with E-state index in [-0.39, 0.29) is 0 Å². The van der Waals surface area contributed by atoms with Gasteiger partial charge in [-0.1, -0.05) is 31.4 Å². The summed E-state index contributed by atoms with van der Waals surface area (Å²) >= 11 is 0. The van der Waals surface area contributed by atoms with E-state index in [0.29, 0.717) is 0 Å². The van der Waals surface area contributed by atoms with Crippen molar-refractivity contribution in [1.29, 1.82) is 0 Å². The first-order valence-electron chi connectivity index (χ1n) is 2.73. The van der Waals surface area contributed by atoms with E-state index in [1.165, 1.54) is 12.0 Å². The van der Waals surface area contributed by atoms with E-state index in [9.17, 15) is 0 Å². The zero-order valence-electron chi connectivity index (χ0n) is 4.28. The van der Waals surface area contributed by atoms with Gasteiger partial charge in [-0.15, -0.1) is 0 Å². The van der Waals surface area contributed by atoms with Crippen LogP contribution >= 0.6 is 0 Å². The van der Waals surface area contributed by atoms with Crippen LogP contribution in [0.25, 0.3) is 0 Å². The monoisotopic (exact) mass is 99.1 g/mol. The Bertz CT molecular complexity index is 36.4. The molecular weight excluding hydrogens is 88.1 g/mol. The zero-order chi connectivity index (χ0) is 4.41. The Morgan fingerprint density at radius 1 is 1.50 bits per heavy atom. The Kier molecular flexibility index (Phi) is 1.30. The molecule has 0 atom stereocenters. The maximum atomic E-state index is 2.36. The quantitative estimate of drug-likeness (QED) is 0.436. The molecule has 0 aliphatic heterocycles. The first kappa shape index (κ1) is 4.38. The first-order chi connectivity index (χ1) is 2.93. The van der Waals surface area contributed by atoms with Crippen LogP contribution in [0.4, 0.5) is 0 Å². The van der Waals surface area contributed by atoms with Gasteiger partial charge < -0.3 is 0 Å². The van der Waals surface area contributed by atoms with Crippen LogP contribution in [-0.4, -0.2) is 9.52 Å². The molecule has 1 radical (unpaired) electrons. The summed E-state index contributed by atoms with van der Waals surface area (Å²) in [6.45, 7) is 2.36. The van der Waals surface area contributed by atoms with Crippen molar-refractivity contribution in [2.75, 3.05) is 0 Å². The fraction of sp³-hybridized carbons (Fsp3) is 1.00. The van der Waals surface area contributed by atoms with Crippen molar-refractivity contribution in [2.24, 2.45) is 0 Å². The molecule has 0 spiro atoms. The number of hydrogen-bond acceptors (Lipinski definition) is 0. The van der Waals surface area contributed by atoms with Crippen LogP contribution in [0.5, 0.6) is 0 Å². The fourth-order valence-electron chi connectivity index (χ4n) is 0.773. The first-order valence-corrected chi connectivity index (χ1v) is 4.55. The van der Waals surface area contributed by atoms with Gasteiger partial charge in [-0.25, -0.2) is 0 Å². The summed E-state index contributed by atoms with van der Waals surface area (Å²) in [6, 6.07) is 0. The molecule has 1 aliphatic carbocycles. The molecule has 1 saturated carbocycles. The summed E-state index contributed by atoms with van der Waals surface area (Å²) in [5.41, 5.74) is 1.20. The molecule has 0 saturated heterocycles. The van der Waals surface area contributed by atoms with Crippen molar-refractivity contribution in [3.05, 3.63) is 0 Å². The number of rotatable bonds is 1. The van der Waals surface area contributed by atoms with Crippen LogP contribution in [-0.2, 0) is 0 Å². The van der Waals surface area contributed by atoms with Crippen molar-refractivity contribution in [1.82, 2.24) is 0 Å². The average Bonchev–Trinajstić information content (AvgIpc) is 1.31. The van der Waals surface area contributed by atoms with Gasteiger partial charge in [0.1, 0.15) is 0 Å². The van der Waals surface area contributed by atoms with E-state index < -0.39 is 0 Å². The molecule has 0 aromatic rings. The minimum Gasteiger partial charge on any atom is -0.0739 e. The Hall–Kier alpha value is 0.217. The van der Waals surface area contributed by atoms with Crippen LogP contribution in [0.1, 0.15) is 19.3 Å². The third-order valence-electron chi connectivity index (χ3n) is 1.62. The minimum absolute atomic E-state index is 0.822. The minimum atomic E-state index is 0.822. The summed E-state index contributed by atoms with van der Waals surface area (Å²) in [7, 11) is 0.822. The third-order valence-corrected chi connectivity index (χ3v) is 3.23. The van der Waals surface area contributed by atoms with E-state index in [4.69, 9.17) is 0 Å². The summed E-state index contributed by atoms with van der Waals surface area (Å²) < 4.78 is 0. The molecule has 35 valence electrons. The Balaban J connectivity index is 2.01. The predicted molar refractivity (Wildman–Crippen MR) is 30.6 cm³/mol. The van der Waals surface area contributed by atoms with Crippen LogP contribution in [0.3, 0.4) is 0 Å². The molecule has 1 heteroatoms. The van der Waals surface area contributed by atoms with Crippen molar-refractivity contribution >= 4 is 9.52 Å². The van der Waals surface area contributed by atoms with Crippen LogP contribution in [0.2, 0.25) is 12.1 Å². The van der Waals surface area contributed by atoms with Gasteiger partial charge in [0.2, 0.25) is 0 Å². The van der Waals surface area contributed by atoms with Gasteiger partial charge in [-0.05, 0) is 0 Å². The zero-order valence-corrected chi connectivity index (χ0v) is 5.43. The van der Waals surface area contributed by atoms with Crippen molar-refractivity contribution < 1.29 is 0 Å². The molecule has 0 unspecified atom stereocenters. The molecule has 0 heterocycles. The largest absolute Gasteiger partial charge is 0.0739 e. The second-order valence-corrected chi connectivity index (χ2v) is 3.63. The second kappa shape index (κ2) is 1.78. The maximum absolute atomic E-state index is 2.36. The Labute approximate surface area is 41.8 Å². The fourth-order valence-corrected chi connectivity index (χ4v) is 1.91. The molecule has 0 aromatic carbocycles. The molecule has 1 fully saturated rings. The van der Waals surface area contributed by atoms with E-state index >= 15 is 0 Å².